The Labute approximate surface area is 142 Å². The minimum atomic E-state index is 0.315. The van der Waals surface area contributed by atoms with E-state index < -0.39 is 0 Å². The lowest BCUT2D eigenvalue weighted by Crippen LogP contribution is -2.06. The maximum atomic E-state index is 5.98. The number of nitrogens with two attached hydrogens (primary N) is 1. The number of anilines is 1. The van der Waals surface area contributed by atoms with E-state index >= 15 is 0 Å². The largest absolute Gasteiger partial charge is 0.383 e. The van der Waals surface area contributed by atoms with Crippen molar-refractivity contribution in [1.82, 2.24) is 9.97 Å². The van der Waals surface area contributed by atoms with Gasteiger partial charge in [0.1, 0.15) is 5.82 Å². The first-order valence-electron chi connectivity index (χ1n) is 5.68. The Morgan fingerprint density at radius 1 is 1.16 bits per heavy atom. The molecule has 19 heavy (non-hydrogen) atoms. The van der Waals surface area contributed by atoms with Crippen molar-refractivity contribution in [2.45, 2.75) is 19.8 Å². The van der Waals surface area contributed by atoms with Crippen molar-refractivity contribution in [3.63, 3.8) is 0 Å². The summed E-state index contributed by atoms with van der Waals surface area (Å²) in [5.41, 5.74) is 7.92. The first-order valence-corrected chi connectivity index (χ1v) is 8.35. The minimum Gasteiger partial charge on any atom is -0.383 e. The lowest BCUT2D eigenvalue weighted by Gasteiger charge is -2.12. The van der Waals surface area contributed by atoms with Gasteiger partial charge in [-0.3, -0.25) is 0 Å². The first-order chi connectivity index (χ1) is 8.90. The van der Waals surface area contributed by atoms with Crippen LogP contribution in [0.1, 0.15) is 25.5 Å². The topological polar surface area (TPSA) is 51.8 Å². The molecule has 3 nitrogen and oxygen atoms in total. The Morgan fingerprint density at radius 3 is 2.42 bits per heavy atom. The number of nitrogens with zero attached hydrogens (tertiary/aromatic N) is 2. The highest BCUT2D eigenvalue weighted by Crippen LogP contribution is 2.30. The lowest BCUT2D eigenvalue weighted by atomic mass is 10.1. The Hall–Kier alpha value is -0.210. The number of hydrogen-bond donors (Lipinski definition) is 1. The predicted octanol–water partition coefficient (Wildman–Crippen LogP) is 4.98. The summed E-state index contributed by atoms with van der Waals surface area (Å²) in [7, 11) is 0. The maximum absolute atomic E-state index is 5.98. The SMILES string of the molecule is CC(C)c1nc(-c2ccc(Br)c(Br)c2)nc(N)c1I. The van der Waals surface area contributed by atoms with Crippen LogP contribution < -0.4 is 5.73 Å². The fourth-order valence-electron chi connectivity index (χ4n) is 1.63. The van der Waals surface area contributed by atoms with Crippen molar-refractivity contribution in [3.8, 4) is 11.4 Å². The average molecular weight is 497 g/mol. The molecule has 0 saturated heterocycles. The quantitative estimate of drug-likeness (QED) is 0.597. The number of rotatable bonds is 2. The summed E-state index contributed by atoms with van der Waals surface area (Å²) in [6.07, 6.45) is 0. The van der Waals surface area contributed by atoms with Gasteiger partial charge in [-0.05, 0) is 78.6 Å². The van der Waals surface area contributed by atoms with Crippen molar-refractivity contribution in [3.05, 3.63) is 36.4 Å². The molecule has 6 heteroatoms. The Balaban J connectivity index is 2.59. The summed E-state index contributed by atoms with van der Waals surface area (Å²) in [6, 6.07) is 5.92. The first kappa shape index (κ1) is 15.2. The van der Waals surface area contributed by atoms with Crippen LogP contribution in [-0.2, 0) is 0 Å². The van der Waals surface area contributed by atoms with Crippen molar-refractivity contribution in [2.75, 3.05) is 5.73 Å². The molecular formula is C13H12Br2IN3. The highest BCUT2D eigenvalue weighted by molar-refractivity contribution is 14.1. The monoisotopic (exact) mass is 495 g/mol. The summed E-state index contributed by atoms with van der Waals surface area (Å²) in [4.78, 5) is 9.02. The Morgan fingerprint density at radius 2 is 1.84 bits per heavy atom. The molecule has 2 N–H and O–H groups in total. The summed E-state index contributed by atoms with van der Waals surface area (Å²) in [6.45, 7) is 4.20. The normalized spacial score (nSPS) is 11.1. The number of benzene rings is 1. The molecule has 0 aliphatic rings. The van der Waals surface area contributed by atoms with E-state index in [0.29, 0.717) is 17.6 Å². The number of hydrogen-bond acceptors (Lipinski definition) is 3. The van der Waals surface area contributed by atoms with Crippen LogP contribution in [0.15, 0.2) is 27.1 Å². The number of nitrogen functional groups attached to an aromatic ring is 1. The molecular weight excluding hydrogens is 485 g/mol. The van der Waals surface area contributed by atoms with Gasteiger partial charge < -0.3 is 5.73 Å². The molecule has 0 saturated carbocycles. The second kappa shape index (κ2) is 6.05. The third-order valence-electron chi connectivity index (χ3n) is 2.63. The van der Waals surface area contributed by atoms with Crippen molar-refractivity contribution in [1.29, 1.82) is 0 Å². The summed E-state index contributed by atoms with van der Waals surface area (Å²) in [5.74, 6) is 1.51. The van der Waals surface area contributed by atoms with Crippen LogP contribution in [0.3, 0.4) is 0 Å². The molecule has 0 aliphatic carbocycles. The van der Waals surface area contributed by atoms with Crippen LogP contribution in [0, 0.1) is 3.57 Å². The highest BCUT2D eigenvalue weighted by atomic mass is 127. The van der Waals surface area contributed by atoms with Gasteiger partial charge >= 0.3 is 0 Å². The summed E-state index contributed by atoms with van der Waals surface area (Å²) >= 11 is 9.14. The van der Waals surface area contributed by atoms with Gasteiger partial charge in [0.25, 0.3) is 0 Å². The van der Waals surface area contributed by atoms with Gasteiger partial charge in [-0.15, -0.1) is 0 Å². The summed E-state index contributed by atoms with van der Waals surface area (Å²) < 4.78 is 2.91. The van der Waals surface area contributed by atoms with E-state index in [1.807, 2.05) is 18.2 Å². The van der Waals surface area contributed by atoms with Crippen molar-refractivity contribution in [2.24, 2.45) is 0 Å². The third-order valence-corrected chi connectivity index (χ3v) is 5.61. The molecule has 2 rings (SSSR count). The Kier molecular flexibility index (Phi) is 4.84. The van der Waals surface area contributed by atoms with E-state index in [2.05, 4.69) is 78.3 Å². The molecule has 0 aliphatic heterocycles. The lowest BCUT2D eigenvalue weighted by molar-refractivity contribution is 0.810. The molecule has 0 atom stereocenters. The standard InChI is InChI=1S/C13H12Br2IN3/c1-6(2)11-10(16)12(17)19-13(18-11)7-3-4-8(14)9(15)5-7/h3-6H,1-2H3,(H2,17,18,19). The van der Waals surface area contributed by atoms with Gasteiger partial charge in [0.2, 0.25) is 0 Å². The van der Waals surface area contributed by atoms with E-state index in [0.717, 1.165) is 23.8 Å². The van der Waals surface area contributed by atoms with Gasteiger partial charge in [-0.2, -0.15) is 0 Å². The van der Waals surface area contributed by atoms with Crippen molar-refractivity contribution >= 4 is 60.3 Å². The van der Waals surface area contributed by atoms with E-state index in [9.17, 15) is 0 Å². The molecule has 1 aromatic heterocycles. The highest BCUT2D eigenvalue weighted by Gasteiger charge is 2.14. The van der Waals surface area contributed by atoms with Gasteiger partial charge in [0.05, 0.1) is 9.26 Å². The second-order valence-electron chi connectivity index (χ2n) is 4.42. The van der Waals surface area contributed by atoms with Crippen LogP contribution in [0.5, 0.6) is 0 Å². The smallest absolute Gasteiger partial charge is 0.161 e. The summed E-state index contributed by atoms with van der Waals surface area (Å²) in [5, 5.41) is 0. The molecule has 1 aromatic carbocycles. The molecule has 0 fully saturated rings. The van der Waals surface area contributed by atoms with Crippen LogP contribution in [0.4, 0.5) is 5.82 Å². The molecule has 0 amide bonds. The molecule has 0 spiro atoms. The van der Waals surface area contributed by atoms with Gasteiger partial charge in [0, 0.05) is 14.5 Å². The number of halogens is 3. The van der Waals surface area contributed by atoms with Gasteiger partial charge in [0.15, 0.2) is 5.82 Å². The second-order valence-corrected chi connectivity index (χ2v) is 7.20. The zero-order valence-electron chi connectivity index (χ0n) is 10.4. The van der Waals surface area contributed by atoms with Gasteiger partial charge in [-0.1, -0.05) is 13.8 Å². The number of aromatic nitrogens is 2. The van der Waals surface area contributed by atoms with E-state index in [1.54, 1.807) is 0 Å². The average Bonchev–Trinajstić information content (AvgIpc) is 2.35. The van der Waals surface area contributed by atoms with Crippen LogP contribution >= 0.6 is 54.5 Å². The van der Waals surface area contributed by atoms with Crippen LogP contribution in [-0.4, -0.2) is 9.97 Å². The minimum absolute atomic E-state index is 0.315. The molecule has 0 radical (unpaired) electrons. The fourth-order valence-corrected chi connectivity index (χ4v) is 3.12. The van der Waals surface area contributed by atoms with Crippen LogP contribution in [0.25, 0.3) is 11.4 Å². The van der Waals surface area contributed by atoms with Crippen molar-refractivity contribution < 1.29 is 0 Å². The molecule has 100 valence electrons. The Bertz CT molecular complexity index is 630. The maximum Gasteiger partial charge on any atom is 0.161 e. The molecule has 0 unspecified atom stereocenters. The third kappa shape index (κ3) is 3.28. The van der Waals surface area contributed by atoms with E-state index in [1.165, 1.54) is 0 Å². The van der Waals surface area contributed by atoms with E-state index in [4.69, 9.17) is 5.73 Å². The fraction of sp³-hybridized carbons (Fsp3) is 0.231. The molecule has 1 heterocycles. The predicted molar refractivity (Wildman–Crippen MR) is 94.1 cm³/mol. The molecule has 2 aromatic rings. The zero-order valence-corrected chi connectivity index (χ0v) is 15.7. The molecule has 0 bridgehead atoms. The van der Waals surface area contributed by atoms with E-state index in [-0.39, 0.29) is 0 Å². The zero-order chi connectivity index (χ0) is 14.2. The van der Waals surface area contributed by atoms with Crippen LogP contribution in [0.2, 0.25) is 0 Å². The van der Waals surface area contributed by atoms with Gasteiger partial charge in [-0.25, -0.2) is 9.97 Å².